The zero-order valence-electron chi connectivity index (χ0n) is 12.8. The van der Waals surface area contributed by atoms with Gasteiger partial charge in [0.1, 0.15) is 11.7 Å². The average Bonchev–Trinajstić information content (AvgIpc) is 2.46. The standard InChI is InChI=1S/C14H20N4O4/c1-8(2)6-11(18-14(21)22-3)13(20)17-9-4-5-10(12(15)19)16-7-9/h4-5,7-8,11H,6H2,1-3H3,(H2,15,19)(H,17,20)(H,18,21). The van der Waals surface area contributed by atoms with Crippen molar-refractivity contribution in [1.29, 1.82) is 0 Å². The van der Waals surface area contributed by atoms with E-state index in [1.54, 1.807) is 0 Å². The Morgan fingerprint density at radius 3 is 2.45 bits per heavy atom. The number of amides is 3. The van der Waals surface area contributed by atoms with Crippen molar-refractivity contribution in [2.75, 3.05) is 12.4 Å². The lowest BCUT2D eigenvalue weighted by Gasteiger charge is -2.19. The van der Waals surface area contributed by atoms with E-state index in [0.29, 0.717) is 12.1 Å². The number of rotatable bonds is 6. The topological polar surface area (TPSA) is 123 Å². The third kappa shape index (κ3) is 5.39. The van der Waals surface area contributed by atoms with E-state index in [2.05, 4.69) is 20.4 Å². The number of anilines is 1. The van der Waals surface area contributed by atoms with Crippen LogP contribution in [0, 0.1) is 5.92 Å². The number of primary amides is 1. The molecule has 0 spiro atoms. The Labute approximate surface area is 128 Å². The highest BCUT2D eigenvalue weighted by molar-refractivity contribution is 5.97. The van der Waals surface area contributed by atoms with Crippen molar-refractivity contribution in [2.45, 2.75) is 26.3 Å². The van der Waals surface area contributed by atoms with Crippen molar-refractivity contribution in [3.8, 4) is 0 Å². The summed E-state index contributed by atoms with van der Waals surface area (Å²) in [5, 5.41) is 5.10. The van der Waals surface area contributed by atoms with Gasteiger partial charge in [0.2, 0.25) is 5.91 Å². The van der Waals surface area contributed by atoms with Crippen LogP contribution in [-0.2, 0) is 9.53 Å². The summed E-state index contributed by atoms with van der Waals surface area (Å²) in [7, 11) is 1.23. The monoisotopic (exact) mass is 308 g/mol. The van der Waals surface area contributed by atoms with Crippen LogP contribution in [0.3, 0.4) is 0 Å². The van der Waals surface area contributed by atoms with Crippen LogP contribution in [0.2, 0.25) is 0 Å². The highest BCUT2D eigenvalue weighted by Gasteiger charge is 2.22. The number of nitrogens with one attached hydrogen (secondary N) is 2. The minimum Gasteiger partial charge on any atom is -0.453 e. The lowest BCUT2D eigenvalue weighted by molar-refractivity contribution is -0.118. The first-order valence-electron chi connectivity index (χ1n) is 6.74. The van der Waals surface area contributed by atoms with Crippen LogP contribution in [0.1, 0.15) is 30.8 Å². The molecule has 3 amide bonds. The zero-order chi connectivity index (χ0) is 16.7. The van der Waals surface area contributed by atoms with Crippen LogP contribution in [0.4, 0.5) is 10.5 Å². The predicted octanol–water partition coefficient (Wildman–Crippen LogP) is 0.890. The number of aromatic nitrogens is 1. The smallest absolute Gasteiger partial charge is 0.407 e. The van der Waals surface area contributed by atoms with Crippen LogP contribution < -0.4 is 16.4 Å². The van der Waals surface area contributed by atoms with Gasteiger partial charge in [-0.1, -0.05) is 13.8 Å². The second kappa shape index (κ2) is 7.96. The van der Waals surface area contributed by atoms with E-state index in [9.17, 15) is 14.4 Å². The Bertz CT molecular complexity index is 542. The quantitative estimate of drug-likeness (QED) is 0.720. The maximum atomic E-state index is 12.2. The molecular weight excluding hydrogens is 288 g/mol. The molecule has 0 radical (unpaired) electrons. The fourth-order valence-electron chi connectivity index (χ4n) is 1.75. The summed E-state index contributed by atoms with van der Waals surface area (Å²) in [5.41, 5.74) is 5.59. The van der Waals surface area contributed by atoms with Crippen LogP contribution in [0.25, 0.3) is 0 Å². The van der Waals surface area contributed by atoms with Gasteiger partial charge in [-0.15, -0.1) is 0 Å². The minimum atomic E-state index is -0.733. The minimum absolute atomic E-state index is 0.101. The summed E-state index contributed by atoms with van der Waals surface area (Å²) in [5.74, 6) is -0.848. The molecule has 22 heavy (non-hydrogen) atoms. The van der Waals surface area contributed by atoms with Gasteiger partial charge in [0.15, 0.2) is 0 Å². The Hall–Kier alpha value is -2.64. The molecule has 8 nitrogen and oxygen atoms in total. The zero-order valence-corrected chi connectivity index (χ0v) is 12.8. The van der Waals surface area contributed by atoms with Crippen molar-refractivity contribution < 1.29 is 19.1 Å². The molecule has 0 fully saturated rings. The van der Waals surface area contributed by atoms with E-state index >= 15 is 0 Å². The molecule has 0 bridgehead atoms. The van der Waals surface area contributed by atoms with Crippen LogP contribution in [0.15, 0.2) is 18.3 Å². The van der Waals surface area contributed by atoms with Crippen LogP contribution >= 0.6 is 0 Å². The first-order valence-corrected chi connectivity index (χ1v) is 6.74. The van der Waals surface area contributed by atoms with E-state index in [4.69, 9.17) is 5.73 Å². The van der Waals surface area contributed by atoms with E-state index in [1.165, 1.54) is 25.4 Å². The van der Waals surface area contributed by atoms with Crippen molar-refractivity contribution in [1.82, 2.24) is 10.3 Å². The molecular formula is C14H20N4O4. The van der Waals surface area contributed by atoms with Crippen molar-refractivity contribution in [3.05, 3.63) is 24.0 Å². The number of nitrogens with two attached hydrogens (primary N) is 1. The molecule has 4 N–H and O–H groups in total. The molecule has 1 aromatic heterocycles. The molecule has 0 saturated carbocycles. The first-order chi connectivity index (χ1) is 10.3. The number of hydrogen-bond donors (Lipinski definition) is 3. The van der Waals surface area contributed by atoms with Gasteiger partial charge in [-0.05, 0) is 24.5 Å². The summed E-state index contributed by atoms with van der Waals surface area (Å²) in [6, 6.07) is 2.18. The molecule has 1 aromatic rings. The lowest BCUT2D eigenvalue weighted by atomic mass is 10.0. The Balaban J connectivity index is 2.76. The summed E-state index contributed by atoms with van der Waals surface area (Å²) < 4.78 is 4.51. The van der Waals surface area contributed by atoms with Gasteiger partial charge in [-0.3, -0.25) is 9.59 Å². The van der Waals surface area contributed by atoms with Gasteiger partial charge in [-0.2, -0.15) is 0 Å². The first kappa shape index (κ1) is 17.4. The van der Waals surface area contributed by atoms with Crippen LogP contribution in [0.5, 0.6) is 0 Å². The maximum Gasteiger partial charge on any atom is 0.407 e. The van der Waals surface area contributed by atoms with Gasteiger partial charge in [-0.25, -0.2) is 9.78 Å². The van der Waals surface area contributed by atoms with E-state index in [0.717, 1.165) is 0 Å². The number of methoxy groups -OCH3 is 1. The number of hydrogen-bond acceptors (Lipinski definition) is 5. The van der Waals surface area contributed by atoms with E-state index < -0.39 is 23.9 Å². The second-order valence-corrected chi connectivity index (χ2v) is 5.10. The third-order valence-electron chi connectivity index (χ3n) is 2.78. The molecule has 0 aromatic carbocycles. The number of alkyl carbamates (subject to hydrolysis) is 1. The van der Waals surface area contributed by atoms with Crippen molar-refractivity contribution in [2.24, 2.45) is 11.7 Å². The third-order valence-corrected chi connectivity index (χ3v) is 2.78. The molecule has 0 aliphatic rings. The molecule has 0 aliphatic carbocycles. The molecule has 0 aliphatic heterocycles. The summed E-state index contributed by atoms with van der Waals surface area (Å²) in [6.45, 7) is 3.87. The highest BCUT2D eigenvalue weighted by atomic mass is 16.5. The molecule has 1 rings (SSSR count). The van der Waals surface area contributed by atoms with Crippen LogP contribution in [-0.4, -0.2) is 36.0 Å². The van der Waals surface area contributed by atoms with Crippen molar-refractivity contribution in [3.63, 3.8) is 0 Å². The molecule has 8 heteroatoms. The SMILES string of the molecule is COC(=O)NC(CC(C)C)C(=O)Nc1ccc(C(N)=O)nc1. The predicted molar refractivity (Wildman–Crippen MR) is 80.2 cm³/mol. The molecule has 120 valence electrons. The second-order valence-electron chi connectivity index (χ2n) is 5.10. The molecule has 1 unspecified atom stereocenters. The van der Waals surface area contributed by atoms with Gasteiger partial charge >= 0.3 is 6.09 Å². The Morgan fingerprint density at radius 2 is 2.00 bits per heavy atom. The van der Waals surface area contributed by atoms with Crippen molar-refractivity contribution >= 4 is 23.6 Å². The number of ether oxygens (including phenoxy) is 1. The number of pyridine rings is 1. The Morgan fingerprint density at radius 1 is 1.32 bits per heavy atom. The number of carbonyl (C=O) groups is 3. The van der Waals surface area contributed by atoms with Gasteiger partial charge < -0.3 is 21.1 Å². The highest BCUT2D eigenvalue weighted by Crippen LogP contribution is 2.10. The number of nitrogens with zero attached hydrogens (tertiary/aromatic N) is 1. The van der Waals surface area contributed by atoms with Gasteiger partial charge in [0.25, 0.3) is 5.91 Å². The normalized spacial score (nSPS) is 11.6. The maximum absolute atomic E-state index is 12.2. The molecule has 0 saturated heterocycles. The summed E-state index contributed by atoms with van der Waals surface area (Å²) >= 11 is 0. The summed E-state index contributed by atoms with van der Waals surface area (Å²) in [6.07, 6.45) is 1.10. The van der Waals surface area contributed by atoms with E-state index in [-0.39, 0.29) is 11.6 Å². The number of carbonyl (C=O) groups excluding carboxylic acids is 3. The lowest BCUT2D eigenvalue weighted by Crippen LogP contribution is -2.44. The molecule has 1 atom stereocenters. The fraction of sp³-hybridized carbons (Fsp3) is 0.429. The van der Waals surface area contributed by atoms with Gasteiger partial charge in [0.05, 0.1) is 19.0 Å². The Kier molecular flexibility index (Phi) is 6.30. The fourth-order valence-corrected chi connectivity index (χ4v) is 1.75. The largest absolute Gasteiger partial charge is 0.453 e. The molecule has 1 heterocycles. The summed E-state index contributed by atoms with van der Waals surface area (Å²) in [4.78, 5) is 38.3. The van der Waals surface area contributed by atoms with Gasteiger partial charge in [0, 0.05) is 0 Å². The van der Waals surface area contributed by atoms with E-state index in [1.807, 2.05) is 13.8 Å². The average molecular weight is 308 g/mol.